The van der Waals surface area contributed by atoms with Gasteiger partial charge in [-0.05, 0) is 44.7 Å². The number of nitrogens with two attached hydrogens (primary N) is 1. The molecule has 41 heavy (non-hydrogen) atoms. The van der Waals surface area contributed by atoms with Crippen molar-refractivity contribution in [3.63, 3.8) is 0 Å². The number of esters is 1. The summed E-state index contributed by atoms with van der Waals surface area (Å²) in [5.74, 6) is -1.41. The van der Waals surface area contributed by atoms with Crippen LogP contribution in [0.25, 0.3) is 11.2 Å². The summed E-state index contributed by atoms with van der Waals surface area (Å²) in [6.07, 6.45) is 1.44. The number of anilines is 2. The van der Waals surface area contributed by atoms with E-state index in [4.69, 9.17) is 24.3 Å². The summed E-state index contributed by atoms with van der Waals surface area (Å²) >= 11 is 0. The van der Waals surface area contributed by atoms with Crippen LogP contribution >= 0.6 is 8.25 Å². The lowest BCUT2D eigenvalue weighted by Crippen LogP contribution is -2.31. The molecule has 222 valence electrons. The van der Waals surface area contributed by atoms with Crippen LogP contribution in [0.3, 0.4) is 0 Å². The van der Waals surface area contributed by atoms with E-state index < -0.39 is 56.9 Å². The van der Waals surface area contributed by atoms with Crippen molar-refractivity contribution in [3.8, 4) is 5.75 Å². The number of ether oxygens (including phenoxy) is 2. The SMILES string of the molecule is C[C@@H](Nc1ccccc1O[PH](=O)OC[C@H]1O[C@@H](n2cnc3c(=O)[nH]c(N)nc32)[C@H](O)[C@@H]1CF)C(=O)OC1CCCC1. The first kappa shape index (κ1) is 29.0. The van der Waals surface area contributed by atoms with Gasteiger partial charge >= 0.3 is 14.2 Å². The van der Waals surface area contributed by atoms with Gasteiger partial charge in [-0.25, -0.2) is 14.3 Å². The summed E-state index contributed by atoms with van der Waals surface area (Å²) in [6, 6.07) is 5.92. The smallest absolute Gasteiger partial charge is 0.367 e. The van der Waals surface area contributed by atoms with E-state index in [0.717, 1.165) is 25.7 Å². The van der Waals surface area contributed by atoms with Gasteiger partial charge in [0.15, 0.2) is 23.1 Å². The van der Waals surface area contributed by atoms with Crippen molar-refractivity contribution in [2.24, 2.45) is 5.92 Å². The minimum atomic E-state index is -3.17. The van der Waals surface area contributed by atoms with Gasteiger partial charge in [0.2, 0.25) is 5.95 Å². The molecule has 0 bridgehead atoms. The molecule has 2 aromatic heterocycles. The highest BCUT2D eigenvalue weighted by Crippen LogP contribution is 2.39. The van der Waals surface area contributed by atoms with Gasteiger partial charge in [0.05, 0.1) is 31.4 Å². The number of hydrogen-bond donors (Lipinski definition) is 4. The summed E-state index contributed by atoms with van der Waals surface area (Å²) in [7, 11) is -3.17. The van der Waals surface area contributed by atoms with Crippen LogP contribution in [0.1, 0.15) is 38.8 Å². The number of aromatic nitrogens is 4. The molecule has 1 aliphatic heterocycles. The van der Waals surface area contributed by atoms with E-state index in [-0.39, 0.29) is 35.6 Å². The molecule has 1 aliphatic carbocycles. The fraction of sp³-hybridized carbons (Fsp3) is 0.520. The van der Waals surface area contributed by atoms with Gasteiger partial charge in [0, 0.05) is 5.92 Å². The zero-order valence-electron chi connectivity index (χ0n) is 22.2. The number of nitrogens with zero attached hydrogens (tertiary/aromatic N) is 3. The Kier molecular flexibility index (Phi) is 8.88. The third kappa shape index (κ3) is 6.38. The molecule has 16 heteroatoms. The lowest BCUT2D eigenvalue weighted by Gasteiger charge is -2.20. The third-order valence-electron chi connectivity index (χ3n) is 7.18. The van der Waals surface area contributed by atoms with Crippen molar-refractivity contribution in [2.75, 3.05) is 24.3 Å². The topological polar surface area (TPSA) is 193 Å². The first-order valence-electron chi connectivity index (χ1n) is 13.3. The van der Waals surface area contributed by atoms with E-state index in [1.54, 1.807) is 31.2 Å². The molecule has 3 aromatic rings. The Morgan fingerprint density at radius 2 is 2.12 bits per heavy atom. The van der Waals surface area contributed by atoms with Crippen molar-refractivity contribution in [1.29, 1.82) is 0 Å². The average molecular weight is 595 g/mol. The molecule has 1 aromatic carbocycles. The van der Waals surface area contributed by atoms with Crippen LogP contribution in [0.15, 0.2) is 35.4 Å². The zero-order valence-corrected chi connectivity index (χ0v) is 23.2. The van der Waals surface area contributed by atoms with Gasteiger partial charge in [0.1, 0.15) is 18.2 Å². The molecule has 0 amide bonds. The Labute approximate surface area is 234 Å². The number of imidazole rings is 1. The molecule has 1 unspecified atom stereocenters. The number of aliphatic hydroxyl groups is 1. The number of fused-ring (bicyclic) bond motifs is 1. The number of H-pyrrole nitrogens is 1. The lowest BCUT2D eigenvalue weighted by molar-refractivity contribution is -0.149. The molecule has 0 radical (unpaired) electrons. The Morgan fingerprint density at radius 1 is 1.37 bits per heavy atom. The molecule has 5 rings (SSSR count). The normalized spacial score (nSPS) is 24.4. The van der Waals surface area contributed by atoms with E-state index in [1.165, 1.54) is 10.9 Å². The van der Waals surface area contributed by atoms with Crippen molar-refractivity contribution in [2.45, 2.75) is 63.2 Å². The molecule has 6 atom stereocenters. The third-order valence-corrected chi connectivity index (χ3v) is 7.97. The van der Waals surface area contributed by atoms with Gasteiger partial charge in [-0.1, -0.05) is 12.1 Å². The van der Waals surface area contributed by atoms with Crippen LogP contribution in [0.5, 0.6) is 5.75 Å². The number of hydrogen-bond acceptors (Lipinski definition) is 12. The first-order valence-corrected chi connectivity index (χ1v) is 14.5. The number of carbonyl (C=O) groups is 1. The molecular weight excluding hydrogens is 562 g/mol. The fourth-order valence-electron chi connectivity index (χ4n) is 5.01. The largest absolute Gasteiger partial charge is 0.461 e. The quantitative estimate of drug-likeness (QED) is 0.187. The predicted octanol–water partition coefficient (Wildman–Crippen LogP) is 2.32. The summed E-state index contributed by atoms with van der Waals surface area (Å²) in [4.78, 5) is 34.9. The van der Waals surface area contributed by atoms with E-state index in [1.807, 2.05) is 0 Å². The standard InChI is InChI=1S/C25H32FN6O8P/c1-13(24(35)38-14-6-2-3-7-14)29-16-8-4-5-9-17(16)40-41(36)37-11-18-15(10-26)20(33)23(39-18)32-12-28-19-21(32)30-25(27)31-22(19)34/h4-5,8-9,12-15,18,20,23,29,33,41H,2-3,6-7,10-11H2,1H3,(H3,27,30,31,34)/t13-,15-,18-,20-,23-/m1/s1. The summed E-state index contributed by atoms with van der Waals surface area (Å²) in [6.45, 7) is 0.341. The van der Waals surface area contributed by atoms with E-state index in [2.05, 4.69) is 20.3 Å². The van der Waals surface area contributed by atoms with Gasteiger partial charge in [-0.2, -0.15) is 4.98 Å². The molecule has 5 N–H and O–H groups in total. The number of rotatable bonds is 11. The second kappa shape index (κ2) is 12.6. The Hall–Kier alpha value is -3.52. The summed E-state index contributed by atoms with van der Waals surface area (Å²) in [5.41, 5.74) is 5.49. The maximum absolute atomic E-state index is 13.9. The van der Waals surface area contributed by atoms with Crippen molar-refractivity contribution >= 4 is 37.0 Å². The number of benzene rings is 1. The minimum absolute atomic E-state index is 0.0293. The number of aliphatic hydroxyl groups excluding tert-OH is 1. The number of halogens is 1. The number of para-hydroxylation sites is 2. The summed E-state index contributed by atoms with van der Waals surface area (Å²) in [5, 5.41) is 13.8. The average Bonchev–Trinajstić information content (AvgIpc) is 3.67. The van der Waals surface area contributed by atoms with Crippen LogP contribution < -0.4 is 21.1 Å². The fourth-order valence-corrected chi connectivity index (χ4v) is 5.73. The van der Waals surface area contributed by atoms with Gasteiger partial charge < -0.3 is 30.2 Å². The Morgan fingerprint density at radius 3 is 2.88 bits per heavy atom. The minimum Gasteiger partial charge on any atom is -0.461 e. The number of carbonyl (C=O) groups excluding carboxylic acids is 1. The van der Waals surface area contributed by atoms with Gasteiger partial charge in [-0.3, -0.25) is 23.3 Å². The molecule has 3 heterocycles. The predicted molar refractivity (Wildman–Crippen MR) is 145 cm³/mol. The maximum Gasteiger partial charge on any atom is 0.367 e. The van der Waals surface area contributed by atoms with Crippen LogP contribution in [0.2, 0.25) is 0 Å². The van der Waals surface area contributed by atoms with Gasteiger partial charge in [-0.15, -0.1) is 0 Å². The first-order chi connectivity index (χ1) is 19.7. The highest BCUT2D eigenvalue weighted by atomic mass is 31.1. The molecule has 0 spiro atoms. The molecule has 14 nitrogen and oxygen atoms in total. The lowest BCUT2D eigenvalue weighted by atomic mass is 10.0. The Bertz CT molecular complexity index is 1460. The second-order valence-electron chi connectivity index (χ2n) is 10.0. The van der Waals surface area contributed by atoms with Crippen molar-refractivity contribution < 1.29 is 37.4 Å². The number of nitrogen functional groups attached to an aromatic ring is 1. The zero-order chi connectivity index (χ0) is 29.1. The highest BCUT2D eigenvalue weighted by Gasteiger charge is 2.45. The number of alkyl halides is 1. The van der Waals surface area contributed by atoms with Gasteiger partial charge in [0.25, 0.3) is 5.56 Å². The molecule has 1 saturated carbocycles. The monoisotopic (exact) mass is 594 g/mol. The molecule has 2 fully saturated rings. The highest BCUT2D eigenvalue weighted by molar-refractivity contribution is 7.33. The number of nitrogens with one attached hydrogen (secondary N) is 2. The molecule has 1 saturated heterocycles. The van der Waals surface area contributed by atoms with E-state index in [9.17, 15) is 23.7 Å². The second-order valence-corrected chi connectivity index (χ2v) is 11.0. The number of aromatic amines is 1. The van der Waals surface area contributed by atoms with Crippen molar-refractivity contribution in [1.82, 2.24) is 19.5 Å². The van der Waals surface area contributed by atoms with Crippen molar-refractivity contribution in [3.05, 3.63) is 40.9 Å². The van der Waals surface area contributed by atoms with Crippen LogP contribution in [0.4, 0.5) is 16.0 Å². The van der Waals surface area contributed by atoms with E-state index in [0.29, 0.717) is 5.69 Å². The Balaban J connectivity index is 1.20. The van der Waals surface area contributed by atoms with Crippen LogP contribution in [0, 0.1) is 5.92 Å². The molecule has 2 aliphatic rings. The maximum atomic E-state index is 13.9. The molecular formula is C25H32FN6O8P. The van der Waals surface area contributed by atoms with Crippen LogP contribution in [-0.4, -0.2) is 68.2 Å². The van der Waals surface area contributed by atoms with Crippen LogP contribution in [-0.2, 0) is 23.4 Å². The van der Waals surface area contributed by atoms with E-state index >= 15 is 0 Å². The summed E-state index contributed by atoms with van der Waals surface area (Å²) < 4.78 is 50.2.